The van der Waals surface area contributed by atoms with Crippen molar-refractivity contribution < 1.29 is 14.3 Å². The Balaban J connectivity index is 1.56. The van der Waals surface area contributed by atoms with E-state index in [4.69, 9.17) is 5.73 Å². The van der Waals surface area contributed by atoms with Crippen LogP contribution in [0.2, 0.25) is 0 Å². The predicted octanol–water partition coefficient (Wildman–Crippen LogP) is 5.10. The molecule has 0 saturated heterocycles. The molecule has 1 aliphatic carbocycles. The van der Waals surface area contributed by atoms with Crippen molar-refractivity contribution in [2.45, 2.75) is 51.5 Å². The maximum Gasteiger partial charge on any atom is 0.186 e. The van der Waals surface area contributed by atoms with Crippen LogP contribution in [0.3, 0.4) is 0 Å². The van der Waals surface area contributed by atoms with Crippen molar-refractivity contribution >= 4 is 17.1 Å². The summed E-state index contributed by atoms with van der Waals surface area (Å²) in [6, 6.07) is 5.92. The fourth-order valence-electron chi connectivity index (χ4n) is 4.68. The van der Waals surface area contributed by atoms with Gasteiger partial charge in [-0.3, -0.25) is 9.78 Å². The fourth-order valence-corrected chi connectivity index (χ4v) is 5.52. The van der Waals surface area contributed by atoms with Crippen LogP contribution in [0, 0.1) is 11.2 Å². The van der Waals surface area contributed by atoms with Gasteiger partial charge >= 0.3 is 0 Å². The van der Waals surface area contributed by atoms with Gasteiger partial charge in [-0.15, -0.1) is 11.3 Å². The number of Topliss-reactive ketones (excluding diaryl/α,β-unsaturated/α-hetero) is 1. The van der Waals surface area contributed by atoms with Gasteiger partial charge in [0, 0.05) is 35.8 Å². The molecule has 31 heavy (non-hydrogen) atoms. The second kappa shape index (κ2) is 8.48. The second-order valence-corrected chi connectivity index (χ2v) is 10.00. The van der Waals surface area contributed by atoms with E-state index in [1.165, 1.54) is 29.5 Å². The summed E-state index contributed by atoms with van der Waals surface area (Å²) in [4.78, 5) is 21.6. The van der Waals surface area contributed by atoms with Crippen LogP contribution in [0.4, 0.5) is 4.39 Å². The van der Waals surface area contributed by atoms with Crippen molar-refractivity contribution in [3.63, 3.8) is 0 Å². The first-order valence-electron chi connectivity index (χ1n) is 10.4. The number of hydrogen-bond donors (Lipinski definition) is 2. The molecule has 162 valence electrons. The third-order valence-corrected chi connectivity index (χ3v) is 6.78. The third-order valence-electron chi connectivity index (χ3n) is 5.90. The van der Waals surface area contributed by atoms with E-state index in [1.807, 2.05) is 6.07 Å². The van der Waals surface area contributed by atoms with Gasteiger partial charge in [-0.1, -0.05) is 13.8 Å². The first-order chi connectivity index (χ1) is 14.7. The number of phenolic OH excluding ortho intramolecular Hbond substituents is 1. The van der Waals surface area contributed by atoms with E-state index >= 15 is 0 Å². The topological polar surface area (TPSA) is 89.1 Å². The first-order valence-corrected chi connectivity index (χ1v) is 11.3. The molecule has 2 atom stereocenters. The zero-order valence-corrected chi connectivity index (χ0v) is 18.5. The molecule has 0 radical (unpaired) electrons. The molecular weight excluding hydrogens is 413 g/mol. The van der Waals surface area contributed by atoms with Gasteiger partial charge in [0.05, 0.1) is 0 Å². The highest BCUT2D eigenvalue weighted by Gasteiger charge is 2.34. The Morgan fingerprint density at radius 2 is 2.13 bits per heavy atom. The van der Waals surface area contributed by atoms with Gasteiger partial charge in [0.2, 0.25) is 0 Å². The number of nitrogens with two attached hydrogens (primary N) is 1. The Bertz CT molecular complexity index is 1110. The van der Waals surface area contributed by atoms with Gasteiger partial charge in [0.1, 0.15) is 22.3 Å². The average molecular weight is 440 g/mol. The maximum atomic E-state index is 14.1. The monoisotopic (exact) mass is 439 g/mol. The lowest BCUT2D eigenvalue weighted by atomic mass is 9.68. The molecule has 0 unspecified atom stereocenters. The number of phenols is 1. The number of carbonyl (C=O) groups is 1. The minimum Gasteiger partial charge on any atom is -0.508 e. The number of aromatic nitrogens is 2. The molecule has 0 bridgehead atoms. The quantitative estimate of drug-likeness (QED) is 0.540. The molecule has 7 heteroatoms. The highest BCUT2D eigenvalue weighted by atomic mass is 32.1. The van der Waals surface area contributed by atoms with Crippen molar-refractivity contribution in [3.8, 4) is 16.3 Å². The van der Waals surface area contributed by atoms with E-state index in [9.17, 15) is 14.3 Å². The van der Waals surface area contributed by atoms with Gasteiger partial charge in [-0.25, -0.2) is 9.37 Å². The van der Waals surface area contributed by atoms with E-state index in [1.54, 1.807) is 17.8 Å². The van der Waals surface area contributed by atoms with Gasteiger partial charge in [0.25, 0.3) is 0 Å². The smallest absolute Gasteiger partial charge is 0.186 e. The molecule has 4 rings (SSSR count). The lowest BCUT2D eigenvalue weighted by Gasteiger charge is -2.39. The van der Waals surface area contributed by atoms with E-state index in [-0.39, 0.29) is 40.9 Å². The lowest BCUT2D eigenvalue weighted by Crippen LogP contribution is -2.36. The number of rotatable bonds is 5. The van der Waals surface area contributed by atoms with E-state index < -0.39 is 5.82 Å². The minimum atomic E-state index is -0.489. The van der Waals surface area contributed by atoms with Crippen LogP contribution in [-0.2, 0) is 6.42 Å². The molecule has 1 aliphatic rings. The number of aromatic hydroxyl groups is 1. The summed E-state index contributed by atoms with van der Waals surface area (Å²) in [5, 5.41) is 11.6. The van der Waals surface area contributed by atoms with Crippen molar-refractivity contribution in [2.75, 3.05) is 0 Å². The standard InChI is InChI=1S/C24H26FN3O2S/c1-24(2)10-14(7-16(26)11-24)18-5-6-27-12-15(18)8-22(30)21-13-31-23(28-21)19-9-17(29)3-4-20(19)25/h3-6,9,12-14,16,29H,7-8,10-11,26H2,1-2H3/t14-,16+/m0/s1. The number of benzene rings is 1. The zero-order valence-electron chi connectivity index (χ0n) is 17.6. The highest BCUT2D eigenvalue weighted by Crippen LogP contribution is 2.43. The SMILES string of the molecule is CC1(C)C[C@H](N)C[C@H](c2ccncc2CC(=O)c2csc(-c3cc(O)ccc3F)n2)C1. The van der Waals surface area contributed by atoms with Gasteiger partial charge in [-0.2, -0.15) is 0 Å². The average Bonchev–Trinajstić information content (AvgIpc) is 3.19. The van der Waals surface area contributed by atoms with Crippen molar-refractivity contribution in [2.24, 2.45) is 11.1 Å². The van der Waals surface area contributed by atoms with Crippen LogP contribution in [-0.4, -0.2) is 26.9 Å². The molecule has 3 aromatic rings. The van der Waals surface area contributed by atoms with Crippen molar-refractivity contribution in [3.05, 3.63) is 64.7 Å². The predicted molar refractivity (Wildman–Crippen MR) is 120 cm³/mol. The molecule has 1 saturated carbocycles. The van der Waals surface area contributed by atoms with Gasteiger partial charge < -0.3 is 10.8 Å². The summed E-state index contributed by atoms with van der Waals surface area (Å²) in [7, 11) is 0. The number of thiazole rings is 1. The van der Waals surface area contributed by atoms with E-state index in [0.29, 0.717) is 10.7 Å². The number of pyridine rings is 1. The fraction of sp³-hybridized carbons (Fsp3) is 0.375. The van der Waals surface area contributed by atoms with Crippen LogP contribution in [0.1, 0.15) is 60.6 Å². The lowest BCUT2D eigenvalue weighted by molar-refractivity contribution is 0.0988. The molecule has 0 amide bonds. The van der Waals surface area contributed by atoms with Crippen LogP contribution in [0.5, 0.6) is 5.75 Å². The summed E-state index contributed by atoms with van der Waals surface area (Å²) in [6.45, 7) is 4.48. The Kier molecular flexibility index (Phi) is 5.90. The third kappa shape index (κ3) is 4.83. The van der Waals surface area contributed by atoms with Gasteiger partial charge in [0.15, 0.2) is 5.78 Å². The highest BCUT2D eigenvalue weighted by molar-refractivity contribution is 7.13. The molecule has 0 aliphatic heterocycles. The number of halogens is 1. The number of hydrogen-bond acceptors (Lipinski definition) is 6. The molecular formula is C24H26FN3O2S. The van der Waals surface area contributed by atoms with Crippen molar-refractivity contribution in [1.29, 1.82) is 0 Å². The van der Waals surface area contributed by atoms with Crippen molar-refractivity contribution in [1.82, 2.24) is 9.97 Å². The molecule has 1 fully saturated rings. The number of carbonyl (C=O) groups excluding carboxylic acids is 1. The number of ketones is 1. The summed E-state index contributed by atoms with van der Waals surface area (Å²) in [5.41, 5.74) is 8.97. The summed E-state index contributed by atoms with van der Waals surface area (Å²) >= 11 is 1.18. The normalized spacial score (nSPS) is 20.5. The molecule has 3 N–H and O–H groups in total. The van der Waals surface area contributed by atoms with E-state index in [2.05, 4.69) is 23.8 Å². The summed E-state index contributed by atoms with van der Waals surface area (Å²) in [6.07, 6.45) is 6.61. The Labute approximate surface area is 185 Å². The molecule has 2 heterocycles. The molecule has 2 aromatic heterocycles. The van der Waals surface area contributed by atoms with E-state index in [0.717, 1.165) is 30.4 Å². The summed E-state index contributed by atoms with van der Waals surface area (Å²) in [5.74, 6) is -0.390. The van der Waals surface area contributed by atoms with Gasteiger partial charge in [-0.05, 0) is 66.0 Å². The molecule has 5 nitrogen and oxygen atoms in total. The Morgan fingerprint density at radius 3 is 2.90 bits per heavy atom. The van der Waals surface area contributed by atoms with Crippen LogP contribution in [0.15, 0.2) is 42.0 Å². The Morgan fingerprint density at radius 1 is 1.32 bits per heavy atom. The summed E-state index contributed by atoms with van der Waals surface area (Å²) < 4.78 is 14.1. The molecule has 1 aromatic carbocycles. The maximum absolute atomic E-state index is 14.1. The minimum absolute atomic E-state index is 0.0481. The molecule has 0 spiro atoms. The van der Waals surface area contributed by atoms with Crippen LogP contribution < -0.4 is 5.73 Å². The largest absolute Gasteiger partial charge is 0.508 e. The number of nitrogens with zero attached hydrogens (tertiary/aromatic N) is 2. The van der Waals surface area contributed by atoms with Crippen LogP contribution >= 0.6 is 11.3 Å². The Hall–Kier alpha value is -2.64. The first kappa shape index (κ1) is 21.6. The second-order valence-electron chi connectivity index (χ2n) is 9.14. The zero-order chi connectivity index (χ0) is 22.2. The van der Waals surface area contributed by atoms with Crippen LogP contribution in [0.25, 0.3) is 10.6 Å².